The molecule has 18 heavy (non-hydrogen) atoms. The normalized spacial score (nSPS) is 10.1. The molecule has 0 atom stereocenters. The average molecular weight is 247 g/mol. The van der Waals surface area contributed by atoms with Crippen LogP contribution in [0.1, 0.15) is 11.1 Å². The minimum atomic E-state index is -0.547. The molecule has 0 aliphatic heterocycles. The quantitative estimate of drug-likeness (QED) is 0.600. The predicted octanol–water partition coefficient (Wildman–Crippen LogP) is 2.01. The Labute approximate surface area is 105 Å². The van der Waals surface area contributed by atoms with Crippen LogP contribution < -0.4 is 4.74 Å². The first-order chi connectivity index (χ1) is 8.51. The third-order valence-corrected chi connectivity index (χ3v) is 2.24. The summed E-state index contributed by atoms with van der Waals surface area (Å²) in [6, 6.07) is 4.86. The molecule has 0 aliphatic rings. The summed E-state index contributed by atoms with van der Waals surface area (Å²) in [5, 5.41) is 20.1. The van der Waals surface area contributed by atoms with Gasteiger partial charge in [0.05, 0.1) is 23.2 Å². The first-order valence-corrected chi connectivity index (χ1v) is 5.11. The summed E-state index contributed by atoms with van der Waals surface area (Å²) in [4.78, 5) is 12.3. The summed E-state index contributed by atoms with van der Waals surface area (Å²) in [7, 11) is 4.93. The highest BCUT2D eigenvalue weighted by Gasteiger charge is 2.22. The van der Waals surface area contributed by atoms with Crippen LogP contribution in [-0.2, 0) is 0 Å². The van der Waals surface area contributed by atoms with Crippen molar-refractivity contribution in [2.24, 2.45) is 0 Å². The van der Waals surface area contributed by atoms with Crippen LogP contribution in [0, 0.1) is 21.4 Å². The highest BCUT2D eigenvalue weighted by Crippen LogP contribution is 2.33. The third-order valence-electron chi connectivity index (χ3n) is 2.24. The SMILES string of the molecule is COc1ccc(C#N)c(/C=C/N(C)C)c1[N+](=O)[O-]. The molecular weight excluding hydrogens is 234 g/mol. The number of nitro groups is 1. The van der Waals surface area contributed by atoms with Gasteiger partial charge in [-0.25, -0.2) is 0 Å². The van der Waals surface area contributed by atoms with Crippen LogP contribution in [0.5, 0.6) is 5.75 Å². The fourth-order valence-corrected chi connectivity index (χ4v) is 1.43. The van der Waals surface area contributed by atoms with Gasteiger partial charge in [-0.05, 0) is 24.4 Å². The lowest BCUT2D eigenvalue weighted by molar-refractivity contribution is -0.386. The Balaban J connectivity index is 3.51. The molecule has 0 heterocycles. The van der Waals surface area contributed by atoms with Gasteiger partial charge >= 0.3 is 5.69 Å². The summed E-state index contributed by atoms with van der Waals surface area (Å²) in [5.41, 5.74) is 0.283. The molecule has 1 aromatic carbocycles. The molecule has 0 radical (unpaired) electrons. The monoisotopic (exact) mass is 247 g/mol. The van der Waals surface area contributed by atoms with Crippen molar-refractivity contribution in [1.29, 1.82) is 5.26 Å². The zero-order valence-corrected chi connectivity index (χ0v) is 10.4. The summed E-state index contributed by atoms with van der Waals surface area (Å²) >= 11 is 0. The van der Waals surface area contributed by atoms with Gasteiger partial charge in [-0.1, -0.05) is 0 Å². The molecule has 0 amide bonds. The minimum absolute atomic E-state index is 0.136. The van der Waals surface area contributed by atoms with Gasteiger partial charge in [-0.2, -0.15) is 5.26 Å². The molecular formula is C12H13N3O3. The molecule has 94 valence electrons. The van der Waals surface area contributed by atoms with E-state index in [9.17, 15) is 10.1 Å². The van der Waals surface area contributed by atoms with Gasteiger partial charge in [0, 0.05) is 14.1 Å². The molecule has 0 fully saturated rings. The van der Waals surface area contributed by atoms with E-state index >= 15 is 0 Å². The molecule has 6 heteroatoms. The van der Waals surface area contributed by atoms with Crippen molar-refractivity contribution in [2.45, 2.75) is 0 Å². The van der Waals surface area contributed by atoms with Crippen molar-refractivity contribution in [2.75, 3.05) is 21.2 Å². The Morgan fingerprint density at radius 1 is 1.50 bits per heavy atom. The number of methoxy groups -OCH3 is 1. The molecule has 1 aromatic rings. The highest BCUT2D eigenvalue weighted by molar-refractivity contribution is 5.72. The fraction of sp³-hybridized carbons (Fsp3) is 0.250. The van der Waals surface area contributed by atoms with E-state index in [1.807, 2.05) is 6.07 Å². The van der Waals surface area contributed by atoms with Crippen molar-refractivity contribution in [3.05, 3.63) is 39.6 Å². The van der Waals surface area contributed by atoms with Gasteiger partial charge in [0.1, 0.15) is 6.07 Å². The van der Waals surface area contributed by atoms with Crippen molar-refractivity contribution >= 4 is 11.8 Å². The molecule has 0 aromatic heterocycles. The first kappa shape index (κ1) is 13.5. The van der Waals surface area contributed by atoms with E-state index in [1.54, 1.807) is 25.2 Å². The molecule has 0 N–H and O–H groups in total. The van der Waals surface area contributed by atoms with Gasteiger partial charge < -0.3 is 9.64 Å². The van der Waals surface area contributed by atoms with Crippen LogP contribution in [-0.4, -0.2) is 31.0 Å². The van der Waals surface area contributed by atoms with Crippen molar-refractivity contribution in [3.63, 3.8) is 0 Å². The molecule has 0 bridgehead atoms. The van der Waals surface area contributed by atoms with E-state index in [1.165, 1.54) is 25.3 Å². The van der Waals surface area contributed by atoms with E-state index in [0.717, 1.165) is 0 Å². The summed E-state index contributed by atoms with van der Waals surface area (Å²) in [6.45, 7) is 0. The molecule has 0 aliphatic carbocycles. The van der Waals surface area contributed by atoms with E-state index in [0.29, 0.717) is 0 Å². The second-order valence-electron chi connectivity index (χ2n) is 3.73. The van der Waals surface area contributed by atoms with Crippen molar-refractivity contribution in [3.8, 4) is 11.8 Å². The third kappa shape index (κ3) is 2.77. The zero-order chi connectivity index (χ0) is 13.7. The van der Waals surface area contributed by atoms with Gasteiger partial charge in [0.25, 0.3) is 0 Å². The van der Waals surface area contributed by atoms with Crippen molar-refractivity contribution < 1.29 is 9.66 Å². The number of hydrogen-bond donors (Lipinski definition) is 0. The second-order valence-corrected chi connectivity index (χ2v) is 3.73. The largest absolute Gasteiger partial charge is 0.490 e. The Morgan fingerprint density at radius 3 is 2.61 bits per heavy atom. The Hall–Kier alpha value is -2.55. The van der Waals surface area contributed by atoms with E-state index < -0.39 is 4.92 Å². The number of nitriles is 1. The molecule has 1 rings (SSSR count). The van der Waals surface area contributed by atoms with Gasteiger partial charge in [0.2, 0.25) is 0 Å². The molecule has 0 spiro atoms. The summed E-state index contributed by atoms with van der Waals surface area (Å²) < 4.78 is 4.96. The highest BCUT2D eigenvalue weighted by atomic mass is 16.6. The molecule has 0 saturated heterocycles. The summed E-state index contributed by atoms with van der Waals surface area (Å²) in [5.74, 6) is 0.136. The van der Waals surface area contributed by atoms with E-state index in [4.69, 9.17) is 10.00 Å². The van der Waals surface area contributed by atoms with Crippen LogP contribution in [0.3, 0.4) is 0 Å². The smallest absolute Gasteiger partial charge is 0.319 e. The number of nitro benzene ring substituents is 1. The minimum Gasteiger partial charge on any atom is -0.490 e. The average Bonchev–Trinajstić information content (AvgIpc) is 2.34. The van der Waals surface area contributed by atoms with E-state index in [2.05, 4.69) is 0 Å². The number of benzene rings is 1. The maximum Gasteiger partial charge on any atom is 0.319 e. The predicted molar refractivity (Wildman–Crippen MR) is 67.1 cm³/mol. The topological polar surface area (TPSA) is 79.4 Å². The van der Waals surface area contributed by atoms with Crippen LogP contribution in [0.25, 0.3) is 6.08 Å². The van der Waals surface area contributed by atoms with Crippen LogP contribution >= 0.6 is 0 Å². The zero-order valence-electron chi connectivity index (χ0n) is 10.4. The lowest BCUT2D eigenvalue weighted by Crippen LogP contribution is -2.02. The molecule has 0 saturated carbocycles. The number of ether oxygens (including phenoxy) is 1. The maximum absolute atomic E-state index is 11.1. The van der Waals surface area contributed by atoms with E-state index in [-0.39, 0.29) is 22.6 Å². The number of nitrogens with zero attached hydrogens (tertiary/aromatic N) is 3. The lowest BCUT2D eigenvalue weighted by Gasteiger charge is -2.07. The standard InChI is InChI=1S/C12H13N3O3/c1-14(2)7-6-10-9(8-13)4-5-11(18-3)12(10)15(16)17/h4-7H,1-3H3/b7-6+. The maximum atomic E-state index is 11.1. The Bertz CT molecular complexity index is 530. The number of hydrogen-bond acceptors (Lipinski definition) is 5. The van der Waals surface area contributed by atoms with Crippen LogP contribution in [0.15, 0.2) is 18.3 Å². The lowest BCUT2D eigenvalue weighted by atomic mass is 10.1. The van der Waals surface area contributed by atoms with Crippen molar-refractivity contribution in [1.82, 2.24) is 4.90 Å². The van der Waals surface area contributed by atoms with Crippen LogP contribution in [0.4, 0.5) is 5.69 Å². The van der Waals surface area contributed by atoms with Gasteiger partial charge in [-0.15, -0.1) is 0 Å². The van der Waals surface area contributed by atoms with Crippen LogP contribution in [0.2, 0.25) is 0 Å². The Morgan fingerprint density at radius 2 is 2.17 bits per heavy atom. The fourth-order valence-electron chi connectivity index (χ4n) is 1.43. The van der Waals surface area contributed by atoms with Gasteiger partial charge in [-0.3, -0.25) is 10.1 Å². The summed E-state index contributed by atoms with van der Waals surface area (Å²) in [6.07, 6.45) is 3.17. The molecule has 0 unspecified atom stereocenters. The Kier molecular flexibility index (Phi) is 4.27. The first-order valence-electron chi connectivity index (χ1n) is 5.11. The number of rotatable bonds is 4. The van der Waals surface area contributed by atoms with Gasteiger partial charge in [0.15, 0.2) is 5.75 Å². The molecule has 6 nitrogen and oxygen atoms in total. The second kappa shape index (κ2) is 5.68.